The molecule has 4 nitrogen and oxygen atoms in total. The zero-order valence-electron chi connectivity index (χ0n) is 11.1. The molecule has 5 heteroatoms. The van der Waals surface area contributed by atoms with Crippen LogP contribution >= 0.6 is 15.9 Å². The molecule has 102 valence electrons. The van der Waals surface area contributed by atoms with E-state index in [2.05, 4.69) is 25.9 Å². The van der Waals surface area contributed by atoms with E-state index in [-0.39, 0.29) is 6.04 Å². The van der Waals surface area contributed by atoms with Crippen molar-refractivity contribution in [3.05, 3.63) is 34.7 Å². The molecule has 0 fully saturated rings. The van der Waals surface area contributed by atoms with Crippen molar-refractivity contribution in [1.29, 1.82) is 0 Å². The molecule has 3 N–H and O–H groups in total. The molecule has 2 rings (SSSR count). The van der Waals surface area contributed by atoms with Crippen LogP contribution in [0.15, 0.2) is 28.9 Å². The van der Waals surface area contributed by atoms with Crippen molar-refractivity contribution >= 4 is 15.9 Å². The van der Waals surface area contributed by atoms with Gasteiger partial charge in [0.25, 0.3) is 0 Å². The first kappa shape index (κ1) is 14.1. The van der Waals surface area contributed by atoms with Crippen LogP contribution in [0.5, 0.6) is 5.75 Å². The second-order valence-corrected chi connectivity index (χ2v) is 5.46. The van der Waals surface area contributed by atoms with Gasteiger partial charge in [-0.1, -0.05) is 0 Å². The van der Waals surface area contributed by atoms with Gasteiger partial charge in [-0.15, -0.1) is 0 Å². The first-order chi connectivity index (χ1) is 9.10. The number of halogens is 1. The van der Waals surface area contributed by atoms with Crippen molar-refractivity contribution in [3.8, 4) is 17.0 Å². The maximum atomic E-state index is 5.75. The predicted octanol–water partition coefficient (Wildman–Crippen LogP) is 3.13. The van der Waals surface area contributed by atoms with Crippen LogP contribution in [0.1, 0.15) is 19.2 Å². The monoisotopic (exact) mass is 323 g/mol. The lowest BCUT2D eigenvalue weighted by molar-refractivity contribution is 0.412. The molecule has 0 saturated carbocycles. The van der Waals surface area contributed by atoms with E-state index in [1.54, 1.807) is 7.11 Å². The molecule has 0 saturated heterocycles. The molecule has 0 aliphatic rings. The zero-order valence-corrected chi connectivity index (χ0v) is 12.7. The van der Waals surface area contributed by atoms with Crippen LogP contribution in [-0.4, -0.2) is 23.1 Å². The number of nitrogens with one attached hydrogen (secondary N) is 1. The normalized spacial score (nSPS) is 12.4. The number of methoxy groups -OCH3 is 1. The number of rotatable bonds is 5. The van der Waals surface area contributed by atoms with E-state index in [0.717, 1.165) is 40.1 Å². The topological polar surface area (TPSA) is 63.9 Å². The molecule has 0 spiro atoms. The lowest BCUT2D eigenvalue weighted by Crippen LogP contribution is -2.15. The van der Waals surface area contributed by atoms with Crippen LogP contribution in [0.2, 0.25) is 0 Å². The number of nitrogens with zero attached hydrogens (tertiary/aromatic N) is 1. The Morgan fingerprint density at radius 1 is 1.47 bits per heavy atom. The van der Waals surface area contributed by atoms with Gasteiger partial charge in [0.05, 0.1) is 23.5 Å². The number of imidazole rings is 1. The minimum Gasteiger partial charge on any atom is -0.496 e. The van der Waals surface area contributed by atoms with Gasteiger partial charge in [-0.05, 0) is 47.5 Å². The number of hydrogen-bond donors (Lipinski definition) is 2. The molecule has 0 amide bonds. The van der Waals surface area contributed by atoms with Crippen molar-refractivity contribution in [2.75, 3.05) is 7.11 Å². The summed E-state index contributed by atoms with van der Waals surface area (Å²) < 4.78 is 6.15. The van der Waals surface area contributed by atoms with Crippen molar-refractivity contribution < 1.29 is 4.74 Å². The van der Waals surface area contributed by atoms with E-state index in [1.807, 2.05) is 31.3 Å². The van der Waals surface area contributed by atoms with Crippen molar-refractivity contribution in [2.24, 2.45) is 5.73 Å². The highest BCUT2D eigenvalue weighted by Crippen LogP contribution is 2.29. The molecule has 0 bridgehead atoms. The smallest absolute Gasteiger partial charge is 0.133 e. The average molecular weight is 324 g/mol. The van der Waals surface area contributed by atoms with Crippen molar-refractivity contribution in [1.82, 2.24) is 9.97 Å². The molecular formula is C14H18BrN3O. The maximum Gasteiger partial charge on any atom is 0.133 e. The lowest BCUT2D eigenvalue weighted by atomic mass is 10.1. The first-order valence-electron chi connectivity index (χ1n) is 6.23. The molecule has 1 aromatic carbocycles. The highest BCUT2D eigenvalue weighted by atomic mass is 79.9. The Bertz CT molecular complexity index is 551. The van der Waals surface area contributed by atoms with Crippen LogP contribution < -0.4 is 10.5 Å². The Hall–Kier alpha value is -1.33. The fraction of sp³-hybridized carbons (Fsp3) is 0.357. The Morgan fingerprint density at radius 2 is 2.26 bits per heavy atom. The molecule has 1 heterocycles. The van der Waals surface area contributed by atoms with Gasteiger partial charge < -0.3 is 15.5 Å². The number of nitrogens with two attached hydrogens (primary N) is 1. The minimum absolute atomic E-state index is 0.198. The summed E-state index contributed by atoms with van der Waals surface area (Å²) in [5, 5.41) is 0. The number of aromatic nitrogens is 2. The fourth-order valence-electron chi connectivity index (χ4n) is 1.83. The Kier molecular flexibility index (Phi) is 4.61. The van der Waals surface area contributed by atoms with Crippen molar-refractivity contribution in [2.45, 2.75) is 25.8 Å². The van der Waals surface area contributed by atoms with E-state index >= 15 is 0 Å². The number of aryl methyl sites for hydroxylation is 1. The predicted molar refractivity (Wildman–Crippen MR) is 80.2 cm³/mol. The molecule has 19 heavy (non-hydrogen) atoms. The van der Waals surface area contributed by atoms with Gasteiger partial charge in [0, 0.05) is 18.0 Å². The molecule has 1 aromatic heterocycles. The summed E-state index contributed by atoms with van der Waals surface area (Å²) in [5.41, 5.74) is 7.83. The Morgan fingerprint density at radius 3 is 2.89 bits per heavy atom. The third kappa shape index (κ3) is 3.58. The Labute approximate surface area is 121 Å². The first-order valence-corrected chi connectivity index (χ1v) is 7.03. The van der Waals surface area contributed by atoms with Crippen LogP contribution in [0.25, 0.3) is 11.3 Å². The summed E-state index contributed by atoms with van der Waals surface area (Å²) in [7, 11) is 1.65. The lowest BCUT2D eigenvalue weighted by Gasteiger charge is -2.05. The van der Waals surface area contributed by atoms with Gasteiger partial charge in [0.15, 0.2) is 0 Å². The second kappa shape index (κ2) is 6.21. The molecule has 1 unspecified atom stereocenters. The fourth-order valence-corrected chi connectivity index (χ4v) is 2.38. The zero-order chi connectivity index (χ0) is 13.8. The highest BCUT2D eigenvalue weighted by molar-refractivity contribution is 9.10. The molecule has 0 aliphatic heterocycles. The summed E-state index contributed by atoms with van der Waals surface area (Å²) in [4.78, 5) is 7.70. The van der Waals surface area contributed by atoms with Crippen LogP contribution in [0.3, 0.4) is 0 Å². The maximum absolute atomic E-state index is 5.75. The van der Waals surface area contributed by atoms with Crippen LogP contribution in [0.4, 0.5) is 0 Å². The number of ether oxygens (including phenoxy) is 1. The van der Waals surface area contributed by atoms with Gasteiger partial charge in [0.2, 0.25) is 0 Å². The molecule has 0 aliphatic carbocycles. The molecule has 2 aromatic rings. The molecular weight excluding hydrogens is 306 g/mol. The second-order valence-electron chi connectivity index (χ2n) is 4.61. The van der Waals surface area contributed by atoms with Gasteiger partial charge in [-0.25, -0.2) is 4.98 Å². The van der Waals surface area contributed by atoms with Crippen molar-refractivity contribution in [3.63, 3.8) is 0 Å². The number of benzene rings is 1. The van der Waals surface area contributed by atoms with E-state index in [4.69, 9.17) is 10.5 Å². The summed E-state index contributed by atoms with van der Waals surface area (Å²) in [6.45, 7) is 2.00. The molecule has 1 atom stereocenters. The van der Waals surface area contributed by atoms with E-state index < -0.39 is 0 Å². The third-order valence-electron chi connectivity index (χ3n) is 2.93. The highest BCUT2D eigenvalue weighted by Gasteiger charge is 2.07. The van der Waals surface area contributed by atoms with Gasteiger partial charge in [-0.3, -0.25) is 0 Å². The summed E-state index contributed by atoms with van der Waals surface area (Å²) in [6.07, 6.45) is 3.65. The van der Waals surface area contributed by atoms with Crippen LogP contribution in [-0.2, 0) is 6.42 Å². The van der Waals surface area contributed by atoms with E-state index in [1.165, 1.54) is 0 Å². The summed E-state index contributed by atoms with van der Waals surface area (Å²) in [6, 6.07) is 6.15. The number of aromatic amines is 1. The summed E-state index contributed by atoms with van der Waals surface area (Å²) in [5.74, 6) is 1.79. The standard InChI is InChI=1S/C14H18BrN3O/c1-9(16)3-6-14-17-8-12(18-14)10-4-5-13(19-2)11(15)7-10/h4-5,7-9H,3,6,16H2,1-2H3,(H,17,18). The van der Waals surface area contributed by atoms with Gasteiger partial charge in [-0.2, -0.15) is 0 Å². The third-order valence-corrected chi connectivity index (χ3v) is 3.55. The van der Waals surface area contributed by atoms with E-state index in [0.29, 0.717) is 0 Å². The number of H-pyrrole nitrogens is 1. The molecule has 0 radical (unpaired) electrons. The van der Waals surface area contributed by atoms with Crippen LogP contribution in [0, 0.1) is 0 Å². The average Bonchev–Trinajstić information content (AvgIpc) is 2.85. The quantitative estimate of drug-likeness (QED) is 0.888. The largest absolute Gasteiger partial charge is 0.496 e. The van der Waals surface area contributed by atoms with Gasteiger partial charge >= 0.3 is 0 Å². The minimum atomic E-state index is 0.198. The summed E-state index contributed by atoms with van der Waals surface area (Å²) >= 11 is 3.49. The SMILES string of the molecule is COc1ccc(-c2cnc(CCC(C)N)[nH]2)cc1Br. The Balaban J connectivity index is 2.16. The van der Waals surface area contributed by atoms with E-state index in [9.17, 15) is 0 Å². The number of hydrogen-bond acceptors (Lipinski definition) is 3. The van der Waals surface area contributed by atoms with Gasteiger partial charge in [0.1, 0.15) is 11.6 Å².